The average Bonchev–Trinajstić information content (AvgIpc) is 4.00. The first-order chi connectivity index (χ1) is 28.9. The highest BCUT2D eigenvalue weighted by atomic mass is 15.1. The number of hydrogen-bond donors (Lipinski definition) is 0. The van der Waals surface area contributed by atoms with Crippen molar-refractivity contribution in [2.75, 3.05) is 4.90 Å². The first-order valence-corrected chi connectivity index (χ1v) is 21.8. The molecule has 0 radical (unpaired) electrons. The smallest absolute Gasteiger partial charge is 0.0714 e. The molecule has 3 aliphatic carbocycles. The Balaban J connectivity index is 1.21. The molecular formula is C58H51N. The molecule has 0 aliphatic heterocycles. The molecule has 0 amide bonds. The molecule has 0 spiro atoms. The summed E-state index contributed by atoms with van der Waals surface area (Å²) in [6, 6.07) is 71.3. The zero-order valence-electron chi connectivity index (χ0n) is 34.4. The number of hydrogen-bond acceptors (Lipinski definition) is 1. The van der Waals surface area contributed by atoms with Gasteiger partial charge < -0.3 is 4.90 Å². The van der Waals surface area contributed by atoms with Crippen LogP contribution < -0.4 is 4.90 Å². The van der Waals surface area contributed by atoms with Gasteiger partial charge in [-0.25, -0.2) is 0 Å². The molecule has 288 valence electrons. The normalized spacial score (nSPS) is 18.8. The van der Waals surface area contributed by atoms with Crippen molar-refractivity contribution in [3.8, 4) is 22.3 Å². The van der Waals surface area contributed by atoms with E-state index in [1.54, 1.807) is 0 Å². The summed E-state index contributed by atoms with van der Waals surface area (Å²) in [5.74, 6) is 2.31. The topological polar surface area (TPSA) is 3.24 Å². The third-order valence-corrected chi connectivity index (χ3v) is 14.1. The molecule has 11 rings (SSSR count). The van der Waals surface area contributed by atoms with Crippen molar-refractivity contribution >= 4 is 27.8 Å². The maximum atomic E-state index is 2.60. The minimum atomic E-state index is -0.494. The van der Waals surface area contributed by atoms with E-state index in [2.05, 4.69) is 214 Å². The number of nitrogens with zero attached hydrogens (tertiary/aromatic N) is 1. The summed E-state index contributed by atoms with van der Waals surface area (Å²) < 4.78 is 0. The van der Waals surface area contributed by atoms with Crippen LogP contribution in [0.5, 0.6) is 0 Å². The Hall–Kier alpha value is -6.18. The molecule has 0 N–H and O–H groups in total. The van der Waals surface area contributed by atoms with Crippen molar-refractivity contribution in [2.45, 2.75) is 63.2 Å². The molecule has 2 bridgehead atoms. The molecular weight excluding hydrogens is 711 g/mol. The monoisotopic (exact) mass is 761 g/mol. The number of rotatable bonds is 7. The van der Waals surface area contributed by atoms with Crippen LogP contribution in [0.25, 0.3) is 33.0 Å². The first-order valence-electron chi connectivity index (χ1n) is 21.8. The van der Waals surface area contributed by atoms with Crippen LogP contribution in [0, 0.1) is 11.8 Å². The summed E-state index contributed by atoms with van der Waals surface area (Å²) in [5, 5.41) is 2.49. The van der Waals surface area contributed by atoms with E-state index in [-0.39, 0.29) is 5.41 Å². The first kappa shape index (κ1) is 35.9. The van der Waals surface area contributed by atoms with Crippen molar-refractivity contribution in [1.82, 2.24) is 0 Å². The zero-order valence-corrected chi connectivity index (χ0v) is 34.4. The second-order valence-corrected chi connectivity index (χ2v) is 18.5. The SMILES string of the molecule is CC(C)(C)c1ccccc1-c1cc2ccccc2cc1N(c1cccc(C2CC3CCC2C3)c1)c1ccc2c(c1)C(c1ccccc1)(c1ccccc1)c1ccccc1-2. The number of anilines is 3. The largest absolute Gasteiger partial charge is 0.310 e. The van der Waals surface area contributed by atoms with E-state index in [1.165, 1.54) is 109 Å². The molecule has 3 aliphatic rings. The van der Waals surface area contributed by atoms with E-state index >= 15 is 0 Å². The molecule has 0 heterocycles. The summed E-state index contributed by atoms with van der Waals surface area (Å²) in [5.41, 5.74) is 16.2. The van der Waals surface area contributed by atoms with Crippen LogP contribution in [0.4, 0.5) is 17.1 Å². The molecule has 8 aromatic carbocycles. The van der Waals surface area contributed by atoms with E-state index in [0.717, 1.165) is 11.8 Å². The predicted octanol–water partition coefficient (Wildman–Crippen LogP) is 15.5. The highest BCUT2D eigenvalue weighted by molar-refractivity contribution is 6.00. The molecule has 8 aromatic rings. The number of fused-ring (bicyclic) bond motifs is 6. The molecule has 1 nitrogen and oxygen atoms in total. The molecule has 0 saturated heterocycles. The van der Waals surface area contributed by atoms with Gasteiger partial charge in [-0.1, -0.05) is 179 Å². The van der Waals surface area contributed by atoms with Gasteiger partial charge in [-0.05, 0) is 140 Å². The zero-order chi connectivity index (χ0) is 39.7. The van der Waals surface area contributed by atoms with Gasteiger partial charge in [0.25, 0.3) is 0 Å². The van der Waals surface area contributed by atoms with Crippen LogP contribution in [-0.4, -0.2) is 0 Å². The highest BCUT2D eigenvalue weighted by Crippen LogP contribution is 2.58. The second kappa shape index (κ2) is 14.0. The molecule has 1 heteroatoms. The summed E-state index contributed by atoms with van der Waals surface area (Å²) in [6.07, 6.45) is 5.49. The van der Waals surface area contributed by atoms with Gasteiger partial charge in [0.05, 0.1) is 11.1 Å². The Morgan fingerprint density at radius 3 is 1.80 bits per heavy atom. The third kappa shape index (κ3) is 5.81. The Bertz CT molecular complexity index is 2800. The lowest BCUT2D eigenvalue weighted by molar-refractivity contribution is 0.420. The van der Waals surface area contributed by atoms with E-state index in [1.807, 2.05) is 0 Å². The summed E-state index contributed by atoms with van der Waals surface area (Å²) in [6.45, 7) is 7.02. The lowest BCUT2D eigenvalue weighted by atomic mass is 9.67. The average molecular weight is 762 g/mol. The minimum Gasteiger partial charge on any atom is -0.310 e. The lowest BCUT2D eigenvalue weighted by Gasteiger charge is -2.35. The van der Waals surface area contributed by atoms with Crippen molar-refractivity contribution in [3.63, 3.8) is 0 Å². The third-order valence-electron chi connectivity index (χ3n) is 14.1. The van der Waals surface area contributed by atoms with E-state index in [9.17, 15) is 0 Å². The fraction of sp³-hybridized carbons (Fsp3) is 0.207. The Morgan fingerprint density at radius 2 is 1.10 bits per heavy atom. The molecule has 59 heavy (non-hydrogen) atoms. The van der Waals surface area contributed by atoms with Gasteiger partial charge >= 0.3 is 0 Å². The summed E-state index contributed by atoms with van der Waals surface area (Å²) in [7, 11) is 0. The molecule has 3 unspecified atom stereocenters. The van der Waals surface area contributed by atoms with Crippen LogP contribution in [0.3, 0.4) is 0 Å². The summed E-state index contributed by atoms with van der Waals surface area (Å²) >= 11 is 0. The van der Waals surface area contributed by atoms with Gasteiger partial charge in [0.15, 0.2) is 0 Å². The van der Waals surface area contributed by atoms with Crippen molar-refractivity contribution in [1.29, 1.82) is 0 Å². The van der Waals surface area contributed by atoms with Crippen LogP contribution in [0.2, 0.25) is 0 Å². The quantitative estimate of drug-likeness (QED) is 0.156. The van der Waals surface area contributed by atoms with Crippen molar-refractivity contribution in [3.05, 3.63) is 221 Å². The molecule has 2 saturated carbocycles. The van der Waals surface area contributed by atoms with E-state index < -0.39 is 5.41 Å². The Kier molecular flexibility index (Phi) is 8.52. The molecule has 2 fully saturated rings. The summed E-state index contributed by atoms with van der Waals surface area (Å²) in [4.78, 5) is 2.60. The van der Waals surface area contributed by atoms with Crippen molar-refractivity contribution in [2.24, 2.45) is 11.8 Å². The Morgan fingerprint density at radius 1 is 0.475 bits per heavy atom. The van der Waals surface area contributed by atoms with Gasteiger partial charge in [0.1, 0.15) is 0 Å². The predicted molar refractivity (Wildman–Crippen MR) is 248 cm³/mol. The molecule has 0 aromatic heterocycles. The second-order valence-electron chi connectivity index (χ2n) is 18.5. The Labute approximate surface area is 350 Å². The van der Waals surface area contributed by atoms with Crippen molar-refractivity contribution < 1.29 is 0 Å². The van der Waals surface area contributed by atoms with Crippen LogP contribution in [-0.2, 0) is 10.8 Å². The van der Waals surface area contributed by atoms with Gasteiger partial charge in [0.2, 0.25) is 0 Å². The lowest BCUT2D eigenvalue weighted by Crippen LogP contribution is -2.28. The van der Waals surface area contributed by atoms with Gasteiger partial charge in [-0.2, -0.15) is 0 Å². The van der Waals surface area contributed by atoms with Gasteiger partial charge in [0, 0.05) is 16.9 Å². The fourth-order valence-corrected chi connectivity index (χ4v) is 11.5. The van der Waals surface area contributed by atoms with Gasteiger partial charge in [-0.15, -0.1) is 0 Å². The minimum absolute atomic E-state index is 0.0453. The van der Waals surface area contributed by atoms with Gasteiger partial charge in [-0.3, -0.25) is 0 Å². The maximum absolute atomic E-state index is 2.60. The molecule has 3 atom stereocenters. The van der Waals surface area contributed by atoms with Crippen LogP contribution in [0.15, 0.2) is 188 Å². The standard InChI is InChI=1S/C58H51N/c1-57(2,3)53-27-14-12-26-49(53)52-36-40-17-10-11-18-41(40)37-56(52)59(46-24-16-19-42(35-46)51-34-39-29-30-43(51)33-39)47-31-32-50-48-25-13-15-28-54(48)58(55(50)38-47,44-20-6-4-7-21-44)45-22-8-5-9-23-45/h4-28,31-32,35-39,43,51H,29-30,33-34H2,1-3H3. The van der Waals surface area contributed by atoms with E-state index in [4.69, 9.17) is 0 Å². The van der Waals surface area contributed by atoms with Crippen LogP contribution in [0.1, 0.15) is 85.8 Å². The van der Waals surface area contributed by atoms with Crippen LogP contribution >= 0.6 is 0 Å². The maximum Gasteiger partial charge on any atom is 0.0714 e. The highest BCUT2D eigenvalue weighted by Gasteiger charge is 2.46. The fourth-order valence-electron chi connectivity index (χ4n) is 11.5. The number of benzene rings is 8. The van der Waals surface area contributed by atoms with E-state index in [0.29, 0.717) is 5.92 Å².